The Labute approximate surface area is 220 Å². The van der Waals surface area contributed by atoms with E-state index in [4.69, 9.17) is 25.8 Å². The largest absolute Gasteiger partial charge is 1.00 e. The molecule has 6 nitrogen and oxygen atoms in total. The van der Waals surface area contributed by atoms with Crippen molar-refractivity contribution in [2.24, 2.45) is 11.5 Å². The predicted molar refractivity (Wildman–Crippen MR) is 119 cm³/mol. The van der Waals surface area contributed by atoms with E-state index in [2.05, 4.69) is 38.2 Å². The Bertz CT molecular complexity index is 230. The minimum absolute atomic E-state index is 0. The molecule has 0 aromatic heterocycles. The third kappa shape index (κ3) is 791. The van der Waals surface area contributed by atoms with Crippen LogP contribution in [-0.4, -0.2) is 26.2 Å². The van der Waals surface area contributed by atoms with Gasteiger partial charge in [-0.15, -0.1) is 32.9 Å². The maximum absolute atomic E-state index is 8.52. The van der Waals surface area contributed by atoms with Gasteiger partial charge in [0.1, 0.15) is 0 Å². The van der Waals surface area contributed by atoms with E-state index >= 15 is 0 Å². The van der Waals surface area contributed by atoms with Gasteiger partial charge in [-0.2, -0.15) is 0 Å². The van der Waals surface area contributed by atoms with Crippen molar-refractivity contribution in [1.29, 1.82) is 0 Å². The van der Waals surface area contributed by atoms with Gasteiger partial charge in [-0.05, 0) is 34.6 Å². The Kier molecular flexibility index (Phi) is 213. The van der Waals surface area contributed by atoms with Crippen molar-refractivity contribution in [3.8, 4) is 0 Å². The molecule has 0 amide bonds. The van der Waals surface area contributed by atoms with Crippen LogP contribution in [-0.2, 0) is 4.57 Å². The van der Waals surface area contributed by atoms with Crippen molar-refractivity contribution in [2.45, 2.75) is 34.6 Å². The predicted octanol–water partition coefficient (Wildman–Crippen LogP) is -3.44. The number of hydrogen-bond donors (Lipinski definition) is 3. The second-order valence-corrected chi connectivity index (χ2v) is 4.12. The van der Waals surface area contributed by atoms with E-state index in [0.29, 0.717) is 13.1 Å². The number of allylic oxidation sites excluding steroid dienone is 5. The minimum atomic E-state index is -3.63. The molecule has 0 aliphatic heterocycles. The van der Waals surface area contributed by atoms with Crippen molar-refractivity contribution in [2.75, 3.05) is 26.2 Å². The van der Waals surface area contributed by atoms with Gasteiger partial charge in [0.2, 0.25) is 0 Å². The summed E-state index contributed by atoms with van der Waals surface area (Å²) >= 11 is 0. The molecule has 0 aromatic rings. The molecule has 5 N–H and O–H groups in total. The number of rotatable bonds is 4. The third-order valence-corrected chi connectivity index (χ3v) is 0.642. The molecule has 0 rings (SSSR count). The maximum atomic E-state index is 8.52. The Morgan fingerprint density at radius 1 is 0.714 bits per heavy atom. The van der Waals surface area contributed by atoms with Crippen LogP contribution < -0.4 is 85.7 Å². The van der Waals surface area contributed by atoms with Crippen molar-refractivity contribution < 1.29 is 73.5 Å². The first-order valence-electron chi connectivity index (χ1n) is 8.06. The van der Waals surface area contributed by atoms with Gasteiger partial charge < -0.3 is 31.1 Å². The minimum Gasteiger partial charge on any atom is -0.813 e. The zero-order valence-corrected chi connectivity index (χ0v) is 24.6. The van der Waals surface area contributed by atoms with Crippen molar-refractivity contribution in [3.05, 3.63) is 63.3 Å². The summed E-state index contributed by atoms with van der Waals surface area (Å²) in [5, 5.41) is 3.03. The molecule has 0 aromatic carbocycles. The molecule has 0 radical (unpaired) electrons. The van der Waals surface area contributed by atoms with E-state index < -0.39 is 8.25 Å². The Morgan fingerprint density at radius 2 is 0.821 bits per heavy atom. The zero-order chi connectivity index (χ0) is 22.6. The van der Waals surface area contributed by atoms with Gasteiger partial charge in [-0.3, -0.25) is 0 Å². The summed E-state index contributed by atoms with van der Waals surface area (Å²) in [6.07, 6.45) is 8.75. The molecule has 0 atom stereocenters. The van der Waals surface area contributed by atoms with Gasteiger partial charge in [0.25, 0.3) is 0 Å². The fourth-order valence-corrected chi connectivity index (χ4v) is 0.329. The van der Waals surface area contributed by atoms with Crippen LogP contribution in [0.4, 0.5) is 0 Å². The van der Waals surface area contributed by atoms with Crippen LogP contribution >= 0.6 is 8.25 Å². The van der Waals surface area contributed by atoms with Gasteiger partial charge in [-0.25, -0.2) is 0 Å². The van der Waals surface area contributed by atoms with Crippen LogP contribution in [0.2, 0.25) is 0 Å². The van der Waals surface area contributed by atoms with Gasteiger partial charge >= 0.3 is 59.1 Å². The fraction of sp³-hybridized carbons (Fsp3) is 0.474. The van der Waals surface area contributed by atoms with Crippen LogP contribution in [0.15, 0.2) is 63.3 Å². The summed E-state index contributed by atoms with van der Waals surface area (Å²) in [5.74, 6) is 0. The average molecular weight is 440 g/mol. The first-order chi connectivity index (χ1) is 12.2. The summed E-state index contributed by atoms with van der Waals surface area (Å²) in [4.78, 5) is 17.0. The standard InChI is InChI=1S/C4H13N3.5C3H6.2Na.H3O3P/c5-1-3-7-4-2-6;5*1-3-2;;;1-4(2)3/h7H,1-6H2;5*3H,1H2,2H3;;;4H,(H2,1,2,3)/q;;;;;;2*+1;/p-2. The molecule has 0 saturated carbocycles. The quantitative estimate of drug-likeness (QED) is 0.181. The van der Waals surface area contributed by atoms with Crippen LogP contribution in [0, 0.1) is 0 Å². The molecule has 9 heteroatoms. The normalized spacial score (nSPS) is 5.93. The SMILES string of the molecule is C=CC.C=CC.C=CC.C=CC.C=CC.NCCNCCN.O=[PH]([O-])[O-].[Na+].[Na+]. The first kappa shape index (κ1) is 56.8. The molecule has 0 spiro atoms. The number of nitrogens with one attached hydrogen (secondary N) is 1. The summed E-state index contributed by atoms with van der Waals surface area (Å²) in [6.45, 7) is 29.4. The second-order valence-electron chi connectivity index (χ2n) is 3.62. The van der Waals surface area contributed by atoms with Gasteiger partial charge in [0, 0.05) is 26.2 Å². The van der Waals surface area contributed by atoms with Crippen LogP contribution in [0.1, 0.15) is 34.6 Å². The molecule has 160 valence electrons. The molecule has 0 aliphatic carbocycles. The van der Waals surface area contributed by atoms with Gasteiger partial charge in [-0.1, -0.05) is 38.6 Å². The first-order valence-corrected chi connectivity index (χ1v) is 9.29. The van der Waals surface area contributed by atoms with Crippen LogP contribution in [0.5, 0.6) is 0 Å². The Hall–Kier alpha value is 0.730. The summed E-state index contributed by atoms with van der Waals surface area (Å²) in [7, 11) is -3.63. The second kappa shape index (κ2) is 105. The molecular formula is C19H44N3Na2O3P. The smallest absolute Gasteiger partial charge is 0.813 e. The molecule has 0 saturated heterocycles. The zero-order valence-electron chi connectivity index (χ0n) is 19.6. The molecule has 0 heterocycles. The van der Waals surface area contributed by atoms with E-state index in [-0.39, 0.29) is 59.1 Å². The maximum Gasteiger partial charge on any atom is 1.00 e. The summed E-state index contributed by atoms with van der Waals surface area (Å²) in [6, 6.07) is 0. The third-order valence-electron chi connectivity index (χ3n) is 0.642. The monoisotopic (exact) mass is 439 g/mol. The van der Waals surface area contributed by atoms with Crippen LogP contribution in [0.25, 0.3) is 0 Å². The number of hydrogen-bond acceptors (Lipinski definition) is 6. The Morgan fingerprint density at radius 3 is 0.893 bits per heavy atom. The van der Waals surface area contributed by atoms with Gasteiger partial charge in [0.05, 0.1) is 0 Å². The van der Waals surface area contributed by atoms with E-state index in [0.717, 1.165) is 13.1 Å². The van der Waals surface area contributed by atoms with Crippen molar-refractivity contribution in [1.82, 2.24) is 5.32 Å². The van der Waals surface area contributed by atoms with E-state index in [1.807, 2.05) is 34.6 Å². The van der Waals surface area contributed by atoms with Crippen molar-refractivity contribution >= 4 is 8.25 Å². The Balaban J connectivity index is -0.0000000220. The average Bonchev–Trinajstić information content (AvgIpc) is 2.51. The van der Waals surface area contributed by atoms with Gasteiger partial charge in [0.15, 0.2) is 0 Å². The molecule has 0 unspecified atom stereocenters. The molecule has 0 aliphatic rings. The number of nitrogens with two attached hydrogens (primary N) is 2. The van der Waals surface area contributed by atoms with E-state index in [1.54, 1.807) is 30.4 Å². The molecular weight excluding hydrogens is 395 g/mol. The van der Waals surface area contributed by atoms with Crippen molar-refractivity contribution in [3.63, 3.8) is 0 Å². The molecule has 28 heavy (non-hydrogen) atoms. The van der Waals surface area contributed by atoms with Crippen LogP contribution in [0.3, 0.4) is 0 Å². The summed E-state index contributed by atoms with van der Waals surface area (Å²) < 4.78 is 8.52. The molecule has 0 bridgehead atoms. The molecule has 0 fully saturated rings. The van der Waals surface area contributed by atoms with E-state index in [1.165, 1.54) is 0 Å². The van der Waals surface area contributed by atoms with E-state index in [9.17, 15) is 0 Å². The topological polar surface area (TPSA) is 127 Å². The fourth-order valence-electron chi connectivity index (χ4n) is 0.329. The summed E-state index contributed by atoms with van der Waals surface area (Å²) in [5.41, 5.74) is 10.3.